The molecule has 0 aliphatic carbocycles. The lowest BCUT2D eigenvalue weighted by atomic mass is 10.0. The summed E-state index contributed by atoms with van der Waals surface area (Å²) in [6.45, 7) is 7.24. The number of nitrogens with zero attached hydrogens (tertiary/aromatic N) is 2. The van der Waals surface area contributed by atoms with Crippen LogP contribution in [0.15, 0.2) is 60.8 Å². The van der Waals surface area contributed by atoms with Crippen molar-refractivity contribution in [1.82, 2.24) is 9.47 Å². The predicted molar refractivity (Wildman–Crippen MR) is 124 cm³/mol. The number of hydrogen-bond acceptors (Lipinski definition) is 3. The molecule has 0 atom stereocenters. The van der Waals surface area contributed by atoms with Crippen LogP contribution in [0.3, 0.4) is 0 Å². The third-order valence-electron chi connectivity index (χ3n) is 5.18. The number of halogens is 1. The Morgan fingerprint density at radius 2 is 1.81 bits per heavy atom. The highest BCUT2D eigenvalue weighted by molar-refractivity contribution is 6.30. The summed E-state index contributed by atoms with van der Waals surface area (Å²) >= 11 is 6.15. The van der Waals surface area contributed by atoms with Crippen molar-refractivity contribution in [2.45, 2.75) is 39.4 Å². The molecule has 0 fully saturated rings. The van der Waals surface area contributed by atoms with Crippen molar-refractivity contribution in [2.75, 3.05) is 14.2 Å². The predicted octanol–water partition coefficient (Wildman–Crippen LogP) is 5.65. The third-order valence-corrected chi connectivity index (χ3v) is 5.41. The number of rotatable bonds is 7. The lowest BCUT2D eigenvalue weighted by molar-refractivity contribution is 0.0549. The van der Waals surface area contributed by atoms with Crippen molar-refractivity contribution in [1.29, 1.82) is 0 Å². The molecular formula is C25H29ClN2O3. The number of carbonyl (C=O) groups is 1. The van der Waals surface area contributed by atoms with Crippen LogP contribution >= 0.6 is 11.6 Å². The summed E-state index contributed by atoms with van der Waals surface area (Å²) in [6, 6.07) is 17.1. The van der Waals surface area contributed by atoms with E-state index in [1.807, 2.05) is 68.3 Å². The summed E-state index contributed by atoms with van der Waals surface area (Å²) in [4.78, 5) is 15.5. The second-order valence-corrected chi connectivity index (χ2v) is 8.82. The molecule has 31 heavy (non-hydrogen) atoms. The van der Waals surface area contributed by atoms with Gasteiger partial charge in [-0.3, -0.25) is 4.79 Å². The van der Waals surface area contributed by atoms with Crippen molar-refractivity contribution < 1.29 is 14.3 Å². The summed E-state index contributed by atoms with van der Waals surface area (Å²) in [5.74, 6) is 1.04. The van der Waals surface area contributed by atoms with Crippen molar-refractivity contribution in [2.24, 2.45) is 0 Å². The molecule has 3 rings (SSSR count). The Bertz CT molecular complexity index is 1050. The van der Waals surface area contributed by atoms with Crippen LogP contribution in [0, 0.1) is 0 Å². The molecular weight excluding hydrogens is 412 g/mol. The SMILES string of the molecule is COc1ccc(C(=O)N(Cc2cccn2Cc2cccc(Cl)c2)C(C)(C)C)c(OC)c1. The van der Waals surface area contributed by atoms with Gasteiger partial charge in [0.2, 0.25) is 0 Å². The van der Waals surface area contributed by atoms with E-state index in [0.29, 0.717) is 35.2 Å². The monoisotopic (exact) mass is 440 g/mol. The maximum absolute atomic E-state index is 13.6. The minimum atomic E-state index is -0.396. The van der Waals surface area contributed by atoms with E-state index in [4.69, 9.17) is 21.1 Å². The Balaban J connectivity index is 1.90. The smallest absolute Gasteiger partial charge is 0.258 e. The molecule has 5 nitrogen and oxygen atoms in total. The van der Waals surface area contributed by atoms with Gasteiger partial charge in [-0.1, -0.05) is 23.7 Å². The molecule has 3 aromatic rings. The fraction of sp³-hybridized carbons (Fsp3) is 0.320. The van der Waals surface area contributed by atoms with Gasteiger partial charge in [-0.2, -0.15) is 0 Å². The van der Waals surface area contributed by atoms with E-state index in [1.54, 1.807) is 32.4 Å². The molecule has 1 aromatic heterocycles. The molecule has 0 saturated carbocycles. The molecule has 0 unspecified atom stereocenters. The Kier molecular flexibility index (Phi) is 6.96. The zero-order valence-corrected chi connectivity index (χ0v) is 19.4. The number of aromatic nitrogens is 1. The van der Waals surface area contributed by atoms with E-state index in [0.717, 1.165) is 11.3 Å². The zero-order valence-electron chi connectivity index (χ0n) is 18.7. The number of benzene rings is 2. The van der Waals surface area contributed by atoms with E-state index < -0.39 is 5.54 Å². The van der Waals surface area contributed by atoms with Gasteiger partial charge in [0, 0.05) is 35.1 Å². The first-order valence-corrected chi connectivity index (χ1v) is 10.5. The van der Waals surface area contributed by atoms with Gasteiger partial charge < -0.3 is 18.9 Å². The summed E-state index contributed by atoms with van der Waals surface area (Å²) in [6.07, 6.45) is 2.02. The van der Waals surface area contributed by atoms with Gasteiger partial charge in [0.25, 0.3) is 5.91 Å². The zero-order chi connectivity index (χ0) is 22.6. The molecule has 2 aromatic carbocycles. The fourth-order valence-electron chi connectivity index (χ4n) is 3.48. The van der Waals surface area contributed by atoms with Crippen molar-refractivity contribution >= 4 is 17.5 Å². The van der Waals surface area contributed by atoms with Crippen LogP contribution in [-0.2, 0) is 13.1 Å². The largest absolute Gasteiger partial charge is 0.497 e. The second-order valence-electron chi connectivity index (χ2n) is 8.39. The number of carbonyl (C=O) groups excluding carboxylic acids is 1. The molecule has 1 amide bonds. The first-order valence-electron chi connectivity index (χ1n) is 10.2. The maximum Gasteiger partial charge on any atom is 0.258 e. The van der Waals surface area contributed by atoms with Crippen LogP contribution in [0.5, 0.6) is 11.5 Å². The summed E-state index contributed by atoms with van der Waals surface area (Å²) in [5, 5.41) is 0.712. The Morgan fingerprint density at radius 3 is 2.45 bits per heavy atom. The lowest BCUT2D eigenvalue weighted by Gasteiger charge is -2.36. The lowest BCUT2D eigenvalue weighted by Crippen LogP contribution is -2.45. The molecule has 0 bridgehead atoms. The third kappa shape index (κ3) is 5.42. The summed E-state index contributed by atoms with van der Waals surface area (Å²) in [7, 11) is 3.15. The summed E-state index contributed by atoms with van der Waals surface area (Å²) < 4.78 is 12.9. The van der Waals surface area contributed by atoms with Gasteiger partial charge in [0.05, 0.1) is 26.3 Å². The molecule has 164 valence electrons. The average Bonchev–Trinajstić information content (AvgIpc) is 3.16. The second kappa shape index (κ2) is 9.48. The molecule has 0 saturated heterocycles. The molecule has 0 N–H and O–H groups in total. The van der Waals surface area contributed by atoms with Gasteiger partial charge in [-0.15, -0.1) is 0 Å². The van der Waals surface area contributed by atoms with E-state index in [2.05, 4.69) is 4.57 Å². The quantitative estimate of drug-likeness (QED) is 0.477. The summed E-state index contributed by atoms with van der Waals surface area (Å²) in [5.41, 5.74) is 2.25. The number of ether oxygens (including phenoxy) is 2. The molecule has 0 aliphatic heterocycles. The normalized spacial score (nSPS) is 11.3. The number of amides is 1. The number of methoxy groups -OCH3 is 2. The van der Waals surface area contributed by atoms with Gasteiger partial charge in [0.15, 0.2) is 0 Å². The average molecular weight is 441 g/mol. The van der Waals surface area contributed by atoms with Crippen LogP contribution in [0.1, 0.15) is 42.4 Å². The first kappa shape index (κ1) is 22.8. The molecule has 6 heteroatoms. The standard InChI is InChI=1S/C25H29ClN2O3/c1-25(2,3)28(24(29)22-12-11-21(30-4)15-23(22)31-5)17-20-10-7-13-27(20)16-18-8-6-9-19(26)14-18/h6-15H,16-17H2,1-5H3. The van der Waals surface area contributed by atoms with Gasteiger partial charge >= 0.3 is 0 Å². The molecule has 1 heterocycles. The molecule has 0 aliphatic rings. The number of hydrogen-bond donors (Lipinski definition) is 0. The van der Waals surface area contributed by atoms with Crippen molar-refractivity contribution in [3.8, 4) is 11.5 Å². The minimum absolute atomic E-state index is 0.0949. The minimum Gasteiger partial charge on any atom is -0.497 e. The van der Waals surface area contributed by atoms with E-state index in [9.17, 15) is 4.79 Å². The Morgan fingerprint density at radius 1 is 1.03 bits per heavy atom. The van der Waals surface area contributed by atoms with Gasteiger partial charge in [-0.05, 0) is 62.7 Å². The van der Waals surface area contributed by atoms with Crippen molar-refractivity contribution in [3.05, 3.63) is 82.6 Å². The molecule has 0 radical (unpaired) electrons. The fourth-order valence-corrected chi connectivity index (χ4v) is 3.69. The van der Waals surface area contributed by atoms with Crippen LogP contribution in [-0.4, -0.2) is 35.1 Å². The highest BCUT2D eigenvalue weighted by Gasteiger charge is 2.30. The highest BCUT2D eigenvalue weighted by atomic mass is 35.5. The van der Waals surface area contributed by atoms with Gasteiger partial charge in [-0.25, -0.2) is 0 Å². The van der Waals surface area contributed by atoms with E-state index >= 15 is 0 Å². The molecule has 0 spiro atoms. The van der Waals surface area contributed by atoms with Crippen LogP contribution in [0.4, 0.5) is 0 Å². The highest BCUT2D eigenvalue weighted by Crippen LogP contribution is 2.29. The van der Waals surface area contributed by atoms with Crippen LogP contribution in [0.2, 0.25) is 5.02 Å². The topological polar surface area (TPSA) is 43.7 Å². The van der Waals surface area contributed by atoms with Crippen LogP contribution in [0.25, 0.3) is 0 Å². The van der Waals surface area contributed by atoms with Crippen LogP contribution < -0.4 is 9.47 Å². The maximum atomic E-state index is 13.6. The van der Waals surface area contributed by atoms with E-state index in [-0.39, 0.29) is 5.91 Å². The Labute approximate surface area is 189 Å². The van der Waals surface area contributed by atoms with Crippen molar-refractivity contribution in [3.63, 3.8) is 0 Å². The Hall–Kier alpha value is -2.92. The van der Waals surface area contributed by atoms with E-state index in [1.165, 1.54) is 0 Å². The first-order chi connectivity index (χ1) is 14.7. The van der Waals surface area contributed by atoms with Gasteiger partial charge in [0.1, 0.15) is 11.5 Å².